The maximum atomic E-state index is 13.3. The third-order valence-electron chi connectivity index (χ3n) is 1.76. The van der Waals surface area contributed by atoms with Crippen LogP contribution in [0.4, 0.5) is 14.5 Å². The molecule has 0 heterocycles. The number of hydrogen-bond donors (Lipinski definition) is 2. The first-order valence-corrected chi connectivity index (χ1v) is 4.49. The van der Waals surface area contributed by atoms with Crippen molar-refractivity contribution >= 4 is 11.6 Å². The molecular formula is C11H10F2N2O. The Bertz CT molecular complexity index is 475. The third-order valence-corrected chi connectivity index (χ3v) is 1.76. The van der Waals surface area contributed by atoms with Gasteiger partial charge in [-0.3, -0.25) is 4.79 Å². The van der Waals surface area contributed by atoms with E-state index in [-0.39, 0.29) is 23.7 Å². The number of nitrogens with one attached hydrogen (secondary N) is 1. The summed E-state index contributed by atoms with van der Waals surface area (Å²) >= 11 is 0. The second-order valence-electron chi connectivity index (χ2n) is 3.04. The molecule has 0 aromatic heterocycles. The lowest BCUT2D eigenvalue weighted by molar-refractivity contribution is -0.118. The second-order valence-corrected chi connectivity index (χ2v) is 3.04. The van der Waals surface area contributed by atoms with Crippen LogP contribution < -0.4 is 11.1 Å². The van der Waals surface area contributed by atoms with Crippen LogP contribution in [-0.2, 0) is 4.79 Å². The number of nitrogens with two attached hydrogens (primary N) is 1. The highest BCUT2D eigenvalue weighted by Crippen LogP contribution is 2.17. The summed E-state index contributed by atoms with van der Waals surface area (Å²) in [7, 11) is 0. The molecular weight excluding hydrogens is 214 g/mol. The van der Waals surface area contributed by atoms with Gasteiger partial charge in [0.15, 0.2) is 5.82 Å². The molecule has 16 heavy (non-hydrogen) atoms. The molecule has 1 aromatic rings. The zero-order valence-corrected chi connectivity index (χ0v) is 8.60. The number of benzene rings is 1. The lowest BCUT2D eigenvalue weighted by atomic mass is 10.2. The Hall–Kier alpha value is -2.09. The van der Waals surface area contributed by atoms with Crippen LogP contribution >= 0.6 is 0 Å². The van der Waals surface area contributed by atoms with Crippen LogP contribution in [0.2, 0.25) is 0 Å². The van der Waals surface area contributed by atoms with Crippen molar-refractivity contribution in [2.24, 2.45) is 0 Å². The molecule has 3 N–H and O–H groups in total. The van der Waals surface area contributed by atoms with Crippen molar-refractivity contribution in [3.05, 3.63) is 29.3 Å². The van der Waals surface area contributed by atoms with E-state index in [0.717, 1.165) is 12.1 Å². The van der Waals surface area contributed by atoms with Gasteiger partial charge >= 0.3 is 0 Å². The van der Waals surface area contributed by atoms with Gasteiger partial charge in [-0.1, -0.05) is 11.8 Å². The summed E-state index contributed by atoms with van der Waals surface area (Å²) in [5.41, 5.74) is 4.72. The molecule has 0 aliphatic carbocycles. The highest BCUT2D eigenvalue weighted by molar-refractivity contribution is 5.73. The summed E-state index contributed by atoms with van der Waals surface area (Å²) in [5.74, 6) is 2.79. The maximum absolute atomic E-state index is 13.3. The van der Waals surface area contributed by atoms with E-state index in [1.165, 1.54) is 6.92 Å². The van der Waals surface area contributed by atoms with Crippen LogP contribution in [0.3, 0.4) is 0 Å². The molecule has 0 unspecified atom stereocenters. The number of rotatable bonds is 1. The van der Waals surface area contributed by atoms with Crippen LogP contribution in [0.25, 0.3) is 0 Å². The molecule has 0 aliphatic rings. The standard InChI is InChI=1S/C11H10F2N2O/c1-7(16)15-6-2-3-8-9(12)4-5-10(14)11(8)13/h4-5H,6,14H2,1H3,(H,15,16). The fraction of sp³-hybridized carbons (Fsp3) is 0.182. The SMILES string of the molecule is CC(=O)NCC#Cc1c(F)ccc(N)c1F. The summed E-state index contributed by atoms with van der Waals surface area (Å²) in [6.07, 6.45) is 0. The molecule has 3 nitrogen and oxygen atoms in total. The first-order valence-electron chi connectivity index (χ1n) is 4.49. The average Bonchev–Trinajstić information content (AvgIpc) is 2.22. The average molecular weight is 224 g/mol. The topological polar surface area (TPSA) is 55.1 Å². The van der Waals surface area contributed by atoms with Gasteiger partial charge in [-0.2, -0.15) is 0 Å². The van der Waals surface area contributed by atoms with Crippen LogP contribution in [-0.4, -0.2) is 12.5 Å². The molecule has 1 rings (SSSR count). The minimum Gasteiger partial charge on any atom is -0.396 e. The van der Waals surface area contributed by atoms with Crippen molar-refractivity contribution in [3.63, 3.8) is 0 Å². The zero-order valence-electron chi connectivity index (χ0n) is 8.60. The van der Waals surface area contributed by atoms with E-state index in [4.69, 9.17) is 5.73 Å². The van der Waals surface area contributed by atoms with E-state index < -0.39 is 11.6 Å². The normalized spacial score (nSPS) is 9.19. The monoisotopic (exact) mass is 224 g/mol. The van der Waals surface area contributed by atoms with E-state index in [1.54, 1.807) is 0 Å². The van der Waals surface area contributed by atoms with Gasteiger partial charge in [0.25, 0.3) is 0 Å². The van der Waals surface area contributed by atoms with Gasteiger partial charge in [-0.25, -0.2) is 8.78 Å². The first-order chi connectivity index (χ1) is 7.52. The van der Waals surface area contributed by atoms with Gasteiger partial charge in [0.1, 0.15) is 5.82 Å². The van der Waals surface area contributed by atoms with Crippen LogP contribution in [0.1, 0.15) is 12.5 Å². The number of nitrogen functional groups attached to an aromatic ring is 1. The smallest absolute Gasteiger partial charge is 0.217 e. The Kier molecular flexibility index (Phi) is 3.84. The van der Waals surface area contributed by atoms with Gasteiger partial charge in [0, 0.05) is 6.92 Å². The first kappa shape index (κ1) is 12.0. The van der Waals surface area contributed by atoms with Crippen molar-refractivity contribution in [3.8, 4) is 11.8 Å². The largest absolute Gasteiger partial charge is 0.396 e. The quantitative estimate of drug-likeness (QED) is 0.553. The van der Waals surface area contributed by atoms with Crippen molar-refractivity contribution in [2.75, 3.05) is 12.3 Å². The fourth-order valence-corrected chi connectivity index (χ4v) is 0.984. The van der Waals surface area contributed by atoms with E-state index in [0.29, 0.717) is 0 Å². The molecule has 0 bridgehead atoms. The van der Waals surface area contributed by atoms with Crippen molar-refractivity contribution < 1.29 is 13.6 Å². The number of carbonyl (C=O) groups excluding carboxylic acids is 1. The van der Waals surface area contributed by atoms with Gasteiger partial charge in [0.05, 0.1) is 17.8 Å². The Morgan fingerprint density at radius 3 is 2.81 bits per heavy atom. The molecule has 1 amide bonds. The van der Waals surface area contributed by atoms with Crippen molar-refractivity contribution in [1.82, 2.24) is 5.32 Å². The van der Waals surface area contributed by atoms with Crippen LogP contribution in [0.15, 0.2) is 12.1 Å². The van der Waals surface area contributed by atoms with E-state index >= 15 is 0 Å². The third kappa shape index (κ3) is 2.95. The molecule has 0 aliphatic heterocycles. The van der Waals surface area contributed by atoms with Crippen molar-refractivity contribution in [1.29, 1.82) is 0 Å². The van der Waals surface area contributed by atoms with E-state index in [1.807, 2.05) is 0 Å². The molecule has 1 aromatic carbocycles. The minimum atomic E-state index is -0.879. The molecule has 0 atom stereocenters. The molecule has 5 heteroatoms. The lowest BCUT2D eigenvalue weighted by Crippen LogP contribution is -2.19. The predicted octanol–water partition coefficient (Wildman–Crippen LogP) is 1.03. The number of hydrogen-bond acceptors (Lipinski definition) is 2. The molecule has 84 valence electrons. The Balaban J connectivity index is 2.88. The number of anilines is 1. The Morgan fingerprint density at radius 2 is 2.19 bits per heavy atom. The lowest BCUT2D eigenvalue weighted by Gasteiger charge is -2.00. The van der Waals surface area contributed by atoms with E-state index in [2.05, 4.69) is 17.2 Å². The van der Waals surface area contributed by atoms with Crippen molar-refractivity contribution in [2.45, 2.75) is 6.92 Å². The Morgan fingerprint density at radius 1 is 1.50 bits per heavy atom. The second kappa shape index (κ2) is 5.12. The van der Waals surface area contributed by atoms with Gasteiger partial charge in [0.2, 0.25) is 5.91 Å². The van der Waals surface area contributed by atoms with Gasteiger partial charge in [-0.15, -0.1) is 0 Å². The highest BCUT2D eigenvalue weighted by atomic mass is 19.1. The maximum Gasteiger partial charge on any atom is 0.217 e. The number of carbonyl (C=O) groups is 1. The van der Waals surface area contributed by atoms with Gasteiger partial charge in [-0.05, 0) is 12.1 Å². The van der Waals surface area contributed by atoms with Crippen LogP contribution in [0, 0.1) is 23.5 Å². The minimum absolute atomic E-state index is 0.0308. The predicted molar refractivity (Wildman–Crippen MR) is 56.3 cm³/mol. The van der Waals surface area contributed by atoms with Crippen LogP contribution in [0.5, 0.6) is 0 Å². The molecule has 0 radical (unpaired) electrons. The Labute approximate surface area is 91.6 Å². The molecule has 0 fully saturated rings. The van der Waals surface area contributed by atoms with Gasteiger partial charge < -0.3 is 11.1 Å². The summed E-state index contributed by atoms with van der Waals surface area (Å²) < 4.78 is 26.4. The number of amides is 1. The summed E-state index contributed by atoms with van der Waals surface area (Å²) in [6.45, 7) is 1.35. The number of halogens is 2. The summed E-state index contributed by atoms with van der Waals surface area (Å²) in [6, 6.07) is 2.17. The van der Waals surface area contributed by atoms with E-state index in [9.17, 15) is 13.6 Å². The summed E-state index contributed by atoms with van der Waals surface area (Å²) in [5, 5.41) is 2.38. The molecule has 0 saturated carbocycles. The molecule has 0 spiro atoms. The highest BCUT2D eigenvalue weighted by Gasteiger charge is 2.08. The summed E-state index contributed by atoms with van der Waals surface area (Å²) in [4.78, 5) is 10.5. The fourth-order valence-electron chi connectivity index (χ4n) is 0.984. The zero-order chi connectivity index (χ0) is 12.1. The molecule has 0 saturated heterocycles.